The van der Waals surface area contributed by atoms with Crippen molar-refractivity contribution in [3.63, 3.8) is 0 Å². The van der Waals surface area contributed by atoms with Crippen molar-refractivity contribution in [2.45, 2.75) is 65.1 Å². The van der Waals surface area contributed by atoms with E-state index < -0.39 is 5.60 Å². The first-order chi connectivity index (χ1) is 12.2. The fourth-order valence-electron chi connectivity index (χ4n) is 4.24. The van der Waals surface area contributed by atoms with E-state index in [1.54, 1.807) is 4.90 Å². The van der Waals surface area contributed by atoms with Gasteiger partial charge in [0.1, 0.15) is 5.60 Å². The summed E-state index contributed by atoms with van der Waals surface area (Å²) in [5.41, 5.74) is 0.301. The molecule has 0 bridgehead atoms. The normalized spacial score (nSPS) is 22.5. The van der Waals surface area contributed by atoms with Crippen molar-refractivity contribution in [2.75, 3.05) is 13.1 Å². The van der Waals surface area contributed by atoms with Gasteiger partial charge >= 0.3 is 6.09 Å². The second-order valence-corrected chi connectivity index (χ2v) is 8.74. The van der Waals surface area contributed by atoms with E-state index in [1.807, 2.05) is 43.9 Å². The molecule has 1 atom stereocenters. The summed E-state index contributed by atoms with van der Waals surface area (Å²) in [4.78, 5) is 29.1. The third kappa shape index (κ3) is 3.19. The van der Waals surface area contributed by atoms with Gasteiger partial charge in [0.2, 0.25) is 5.91 Å². The summed E-state index contributed by atoms with van der Waals surface area (Å²) in [7, 11) is 0. The van der Waals surface area contributed by atoms with Crippen molar-refractivity contribution >= 4 is 12.0 Å². The van der Waals surface area contributed by atoms with Crippen molar-refractivity contribution in [1.82, 2.24) is 9.80 Å². The number of rotatable bonds is 2. The Morgan fingerprint density at radius 1 is 1.15 bits per heavy atom. The Balaban J connectivity index is 1.78. The number of piperidine rings is 1. The number of carbonyl (C=O) groups excluding carboxylic acids is 2. The molecule has 1 spiro atoms. The Morgan fingerprint density at radius 2 is 1.73 bits per heavy atom. The van der Waals surface area contributed by atoms with Crippen LogP contribution in [0.4, 0.5) is 4.79 Å². The average molecular weight is 358 g/mol. The first-order valence-corrected chi connectivity index (χ1v) is 9.51. The van der Waals surface area contributed by atoms with Crippen molar-refractivity contribution < 1.29 is 14.3 Å². The largest absolute Gasteiger partial charge is 0.444 e. The summed E-state index contributed by atoms with van der Waals surface area (Å²) in [5.74, 6) is 0.227. The number of benzene rings is 1. The van der Waals surface area contributed by atoms with Crippen LogP contribution in [0.25, 0.3) is 0 Å². The van der Waals surface area contributed by atoms with Gasteiger partial charge in [0.25, 0.3) is 0 Å². The van der Waals surface area contributed by atoms with Gasteiger partial charge in [-0.25, -0.2) is 4.79 Å². The minimum absolute atomic E-state index is 0.0944. The summed E-state index contributed by atoms with van der Waals surface area (Å²) in [5, 5.41) is 0. The van der Waals surface area contributed by atoms with E-state index in [-0.39, 0.29) is 29.5 Å². The molecule has 2 aliphatic rings. The summed E-state index contributed by atoms with van der Waals surface area (Å²) in [6, 6.07) is 10.5. The molecule has 2 fully saturated rings. The highest BCUT2D eigenvalue weighted by atomic mass is 16.6. The van der Waals surface area contributed by atoms with Crippen LogP contribution in [0.2, 0.25) is 0 Å². The van der Waals surface area contributed by atoms with Crippen LogP contribution in [0.15, 0.2) is 30.3 Å². The maximum atomic E-state index is 13.1. The lowest BCUT2D eigenvalue weighted by molar-refractivity contribution is -0.184. The molecule has 2 amide bonds. The molecular weight excluding hydrogens is 328 g/mol. The summed E-state index contributed by atoms with van der Waals surface area (Å²) in [6.07, 6.45) is 1.10. The summed E-state index contributed by atoms with van der Waals surface area (Å²) < 4.78 is 5.49. The van der Waals surface area contributed by atoms with Gasteiger partial charge in [-0.05, 0) is 53.0 Å². The topological polar surface area (TPSA) is 49.9 Å². The summed E-state index contributed by atoms with van der Waals surface area (Å²) in [6.45, 7) is 10.9. The highest BCUT2D eigenvalue weighted by Crippen LogP contribution is 2.56. The number of hydrogen-bond donors (Lipinski definition) is 0. The summed E-state index contributed by atoms with van der Waals surface area (Å²) >= 11 is 0. The molecule has 0 radical (unpaired) electrons. The van der Waals surface area contributed by atoms with Gasteiger partial charge in [-0.1, -0.05) is 30.3 Å². The van der Waals surface area contributed by atoms with Crippen molar-refractivity contribution in [3.05, 3.63) is 35.9 Å². The van der Waals surface area contributed by atoms with E-state index in [9.17, 15) is 9.59 Å². The Bertz CT molecular complexity index is 670. The van der Waals surface area contributed by atoms with Crippen LogP contribution in [-0.4, -0.2) is 46.5 Å². The van der Waals surface area contributed by atoms with Gasteiger partial charge in [-0.3, -0.25) is 4.79 Å². The smallest absolute Gasteiger partial charge is 0.410 e. The van der Waals surface area contributed by atoms with E-state index in [1.165, 1.54) is 5.56 Å². The first-order valence-electron chi connectivity index (χ1n) is 9.51. The first kappa shape index (κ1) is 18.7. The zero-order chi connectivity index (χ0) is 19.1. The Hall–Kier alpha value is -2.04. The molecule has 5 heteroatoms. The van der Waals surface area contributed by atoms with Crippen molar-refractivity contribution in [1.29, 1.82) is 0 Å². The number of amides is 2. The van der Waals surface area contributed by atoms with Crippen molar-refractivity contribution in [2.24, 2.45) is 5.41 Å². The number of ether oxygens (including phenoxy) is 1. The van der Waals surface area contributed by atoms with Gasteiger partial charge in [0.15, 0.2) is 0 Å². The minimum atomic E-state index is -0.500. The predicted molar refractivity (Wildman–Crippen MR) is 101 cm³/mol. The predicted octanol–water partition coefficient (Wildman–Crippen LogP) is 4.00. The molecule has 1 aromatic carbocycles. The van der Waals surface area contributed by atoms with Crippen molar-refractivity contribution in [3.8, 4) is 0 Å². The number of hydrogen-bond acceptors (Lipinski definition) is 3. The lowest BCUT2D eigenvalue weighted by Gasteiger charge is -2.60. The van der Waals surface area contributed by atoms with E-state index in [0.717, 1.165) is 0 Å². The molecule has 2 saturated heterocycles. The number of β-lactam (4-membered cyclic amide) rings is 1. The third-order valence-corrected chi connectivity index (χ3v) is 5.44. The Labute approximate surface area is 156 Å². The molecule has 26 heavy (non-hydrogen) atoms. The SMILES string of the molecule is CC(C)N1C(=O)C2(CCN(C(=O)OC(C)(C)C)CC2)C1c1ccccc1. The highest BCUT2D eigenvalue weighted by Gasteiger charge is 2.62. The van der Waals surface area contributed by atoms with Gasteiger partial charge in [-0.2, -0.15) is 0 Å². The molecule has 142 valence electrons. The van der Waals surface area contributed by atoms with E-state index in [4.69, 9.17) is 4.74 Å². The van der Waals surface area contributed by atoms with Crippen LogP contribution in [0.1, 0.15) is 59.1 Å². The molecule has 1 aromatic rings. The van der Waals surface area contributed by atoms with Crippen LogP contribution >= 0.6 is 0 Å². The molecule has 2 heterocycles. The molecule has 0 saturated carbocycles. The van der Waals surface area contributed by atoms with Gasteiger partial charge in [0, 0.05) is 19.1 Å². The van der Waals surface area contributed by atoms with Gasteiger partial charge in [0.05, 0.1) is 11.5 Å². The zero-order valence-corrected chi connectivity index (χ0v) is 16.5. The monoisotopic (exact) mass is 358 g/mol. The number of carbonyl (C=O) groups is 2. The molecule has 1 unspecified atom stereocenters. The number of likely N-dealkylation sites (tertiary alicyclic amines) is 2. The average Bonchev–Trinajstić information content (AvgIpc) is 2.58. The molecular formula is C21H30N2O3. The lowest BCUT2D eigenvalue weighted by atomic mass is 9.62. The zero-order valence-electron chi connectivity index (χ0n) is 16.5. The van der Waals surface area contributed by atoms with Crippen LogP contribution in [-0.2, 0) is 9.53 Å². The minimum Gasteiger partial charge on any atom is -0.444 e. The molecule has 0 N–H and O–H groups in total. The van der Waals surface area contributed by atoms with Crippen LogP contribution in [0.5, 0.6) is 0 Å². The highest BCUT2D eigenvalue weighted by molar-refractivity contribution is 5.91. The maximum Gasteiger partial charge on any atom is 0.410 e. The molecule has 0 aliphatic carbocycles. The maximum absolute atomic E-state index is 13.1. The molecule has 2 aliphatic heterocycles. The third-order valence-electron chi connectivity index (χ3n) is 5.44. The lowest BCUT2D eigenvalue weighted by Crippen LogP contribution is -2.68. The van der Waals surface area contributed by atoms with Crippen LogP contribution in [0.3, 0.4) is 0 Å². The quantitative estimate of drug-likeness (QED) is 0.751. The Morgan fingerprint density at radius 3 is 2.23 bits per heavy atom. The fraction of sp³-hybridized carbons (Fsp3) is 0.619. The molecule has 0 aromatic heterocycles. The van der Waals surface area contributed by atoms with Gasteiger partial charge < -0.3 is 14.5 Å². The van der Waals surface area contributed by atoms with Crippen LogP contribution in [0, 0.1) is 5.41 Å². The van der Waals surface area contributed by atoms with E-state index in [2.05, 4.69) is 26.0 Å². The fourth-order valence-corrected chi connectivity index (χ4v) is 4.24. The second kappa shape index (κ2) is 6.60. The standard InChI is InChI=1S/C21H30N2O3/c1-15(2)23-17(16-9-7-6-8-10-16)21(18(23)24)11-13-22(14-12-21)19(25)26-20(3,4)5/h6-10,15,17H,11-14H2,1-5H3. The van der Waals surface area contributed by atoms with Gasteiger partial charge in [-0.15, -0.1) is 0 Å². The van der Waals surface area contributed by atoms with Crippen LogP contribution < -0.4 is 0 Å². The Kier molecular flexibility index (Phi) is 4.76. The van der Waals surface area contributed by atoms with E-state index in [0.29, 0.717) is 25.9 Å². The molecule has 5 nitrogen and oxygen atoms in total. The number of nitrogens with zero attached hydrogens (tertiary/aromatic N) is 2. The van der Waals surface area contributed by atoms with E-state index >= 15 is 0 Å². The second-order valence-electron chi connectivity index (χ2n) is 8.74. The molecule has 3 rings (SSSR count).